The number of thioether (sulfide) groups is 1. The molecule has 0 bridgehead atoms. The molecule has 0 aliphatic carbocycles. The van der Waals surface area contributed by atoms with Gasteiger partial charge in [-0.05, 0) is 23.8 Å². The van der Waals surface area contributed by atoms with Crippen LogP contribution in [0, 0.1) is 0 Å². The maximum Gasteiger partial charge on any atom is 0.257 e. The molecule has 0 aliphatic heterocycles. The van der Waals surface area contributed by atoms with Gasteiger partial charge in [-0.2, -0.15) is 0 Å². The van der Waals surface area contributed by atoms with E-state index < -0.39 is 9.84 Å². The van der Waals surface area contributed by atoms with Gasteiger partial charge in [0.25, 0.3) is 5.22 Å². The summed E-state index contributed by atoms with van der Waals surface area (Å²) >= 11 is 7.55. The summed E-state index contributed by atoms with van der Waals surface area (Å²) in [6.45, 7) is 1.62. The highest BCUT2D eigenvalue weighted by Crippen LogP contribution is 2.29. The maximum atomic E-state index is 11.9. The molecule has 1 heterocycles. The Kier molecular flexibility index (Phi) is 4.66. The van der Waals surface area contributed by atoms with E-state index in [-0.39, 0.29) is 10.6 Å². The predicted octanol–water partition coefficient (Wildman–Crippen LogP) is 4.57. The minimum absolute atomic E-state index is 0.0563. The van der Waals surface area contributed by atoms with E-state index in [1.54, 1.807) is 19.1 Å². The average molecular weight is 368 g/mol. The molecule has 4 nitrogen and oxygen atoms in total. The van der Waals surface area contributed by atoms with E-state index in [1.165, 1.54) is 17.8 Å². The van der Waals surface area contributed by atoms with Crippen molar-refractivity contribution < 1.29 is 12.8 Å². The van der Waals surface area contributed by atoms with Crippen LogP contribution in [0.15, 0.2) is 57.0 Å². The van der Waals surface area contributed by atoms with Gasteiger partial charge in [0.2, 0.25) is 0 Å². The molecule has 120 valence electrons. The Morgan fingerprint density at radius 2 is 2.00 bits per heavy atom. The second-order valence-corrected chi connectivity index (χ2v) is 8.50. The van der Waals surface area contributed by atoms with E-state index in [2.05, 4.69) is 4.98 Å². The number of aromatic nitrogens is 1. The quantitative estimate of drug-likeness (QED) is 0.618. The molecule has 0 amide bonds. The highest BCUT2D eigenvalue weighted by molar-refractivity contribution is 7.98. The molecule has 0 fully saturated rings. The molecule has 3 aromatic rings. The van der Waals surface area contributed by atoms with Crippen molar-refractivity contribution in [1.82, 2.24) is 4.98 Å². The van der Waals surface area contributed by atoms with Gasteiger partial charge in [0.15, 0.2) is 15.4 Å². The first-order valence-corrected chi connectivity index (χ1v) is 10.0. The van der Waals surface area contributed by atoms with Gasteiger partial charge in [0.05, 0.1) is 10.6 Å². The Hall–Kier alpha value is -1.50. The minimum Gasteiger partial charge on any atom is -0.431 e. The van der Waals surface area contributed by atoms with Gasteiger partial charge in [-0.1, -0.05) is 48.5 Å². The number of halogens is 1. The van der Waals surface area contributed by atoms with Crippen LogP contribution in [0.1, 0.15) is 12.5 Å². The number of rotatable bonds is 5. The summed E-state index contributed by atoms with van der Waals surface area (Å²) in [5, 5.41) is 1.19. The highest BCUT2D eigenvalue weighted by atomic mass is 35.5. The summed E-state index contributed by atoms with van der Waals surface area (Å²) in [6.07, 6.45) is 0. The van der Waals surface area contributed by atoms with Crippen molar-refractivity contribution in [2.45, 2.75) is 22.8 Å². The van der Waals surface area contributed by atoms with E-state index in [4.69, 9.17) is 16.0 Å². The first-order chi connectivity index (χ1) is 11.0. The van der Waals surface area contributed by atoms with Crippen molar-refractivity contribution in [2.75, 3.05) is 5.75 Å². The third kappa shape index (κ3) is 3.54. The van der Waals surface area contributed by atoms with Crippen molar-refractivity contribution in [2.24, 2.45) is 0 Å². The number of nitrogens with zero attached hydrogens (tertiary/aromatic N) is 1. The normalized spacial score (nSPS) is 11.9. The molecule has 0 atom stereocenters. The lowest BCUT2D eigenvalue weighted by Gasteiger charge is -2.00. The van der Waals surface area contributed by atoms with Gasteiger partial charge in [0.1, 0.15) is 5.52 Å². The van der Waals surface area contributed by atoms with Gasteiger partial charge in [0, 0.05) is 16.8 Å². The summed E-state index contributed by atoms with van der Waals surface area (Å²) in [6, 6.07) is 12.4. The molecular weight excluding hydrogens is 354 g/mol. The molecule has 3 rings (SSSR count). The maximum absolute atomic E-state index is 11.9. The SMILES string of the molecule is CCS(=O)(=O)c1ccc2nc(SCc3ccccc3Cl)oc2c1. The van der Waals surface area contributed by atoms with Gasteiger partial charge < -0.3 is 4.42 Å². The van der Waals surface area contributed by atoms with Crippen LogP contribution in [0.4, 0.5) is 0 Å². The Morgan fingerprint density at radius 1 is 1.22 bits per heavy atom. The lowest BCUT2D eigenvalue weighted by molar-refractivity contribution is 0.488. The Morgan fingerprint density at radius 3 is 2.74 bits per heavy atom. The van der Waals surface area contributed by atoms with Crippen LogP contribution in [0.3, 0.4) is 0 Å². The largest absolute Gasteiger partial charge is 0.431 e. The monoisotopic (exact) mass is 367 g/mol. The van der Waals surface area contributed by atoms with Crippen LogP contribution in [0.5, 0.6) is 0 Å². The summed E-state index contributed by atoms with van der Waals surface area (Å²) in [7, 11) is -3.25. The molecule has 7 heteroatoms. The molecule has 2 aromatic carbocycles. The number of hydrogen-bond acceptors (Lipinski definition) is 5. The topological polar surface area (TPSA) is 60.2 Å². The molecule has 0 unspecified atom stereocenters. The highest BCUT2D eigenvalue weighted by Gasteiger charge is 2.15. The zero-order chi connectivity index (χ0) is 16.4. The summed E-state index contributed by atoms with van der Waals surface area (Å²) in [4.78, 5) is 4.62. The summed E-state index contributed by atoms with van der Waals surface area (Å²) in [5.41, 5.74) is 2.11. The van der Waals surface area contributed by atoms with Crippen molar-refractivity contribution in [3.63, 3.8) is 0 Å². The van der Waals surface area contributed by atoms with Crippen LogP contribution in [0.2, 0.25) is 5.02 Å². The van der Waals surface area contributed by atoms with Crippen molar-refractivity contribution in [3.8, 4) is 0 Å². The molecule has 0 saturated heterocycles. The lowest BCUT2D eigenvalue weighted by Crippen LogP contribution is -2.02. The molecule has 23 heavy (non-hydrogen) atoms. The predicted molar refractivity (Wildman–Crippen MR) is 92.7 cm³/mol. The summed E-state index contributed by atoms with van der Waals surface area (Å²) in [5.74, 6) is 0.688. The first-order valence-electron chi connectivity index (χ1n) is 6.99. The third-order valence-electron chi connectivity index (χ3n) is 3.39. The van der Waals surface area contributed by atoms with Crippen molar-refractivity contribution in [3.05, 3.63) is 53.1 Å². The Bertz CT molecular complexity index is 951. The molecule has 0 aliphatic rings. The molecule has 0 radical (unpaired) electrons. The van der Waals surface area contributed by atoms with Crippen molar-refractivity contribution >= 4 is 44.3 Å². The standard InChI is InChI=1S/C16H14ClNO3S2/c1-2-23(19,20)12-7-8-14-15(9-12)21-16(18-14)22-10-11-5-3-4-6-13(11)17/h3-9H,2,10H2,1H3. The van der Waals surface area contributed by atoms with E-state index >= 15 is 0 Å². The number of fused-ring (bicyclic) bond motifs is 1. The van der Waals surface area contributed by atoms with Crippen LogP contribution in [-0.4, -0.2) is 19.2 Å². The second kappa shape index (κ2) is 6.55. The Balaban J connectivity index is 1.85. The number of oxazole rings is 1. The van der Waals surface area contributed by atoms with E-state index in [0.717, 1.165) is 5.56 Å². The van der Waals surface area contributed by atoms with E-state index in [9.17, 15) is 8.42 Å². The van der Waals surface area contributed by atoms with Crippen LogP contribution >= 0.6 is 23.4 Å². The second-order valence-electron chi connectivity index (χ2n) is 4.89. The Labute approximate surface area is 143 Å². The van der Waals surface area contributed by atoms with Gasteiger partial charge in [-0.3, -0.25) is 0 Å². The fourth-order valence-corrected chi connectivity index (χ4v) is 4.08. The average Bonchev–Trinajstić information content (AvgIpc) is 2.96. The fourth-order valence-electron chi connectivity index (χ4n) is 2.06. The zero-order valence-corrected chi connectivity index (χ0v) is 14.7. The molecule has 0 saturated carbocycles. The van der Waals surface area contributed by atoms with Crippen LogP contribution in [-0.2, 0) is 15.6 Å². The smallest absolute Gasteiger partial charge is 0.257 e. The van der Waals surface area contributed by atoms with Gasteiger partial charge in [-0.25, -0.2) is 13.4 Å². The third-order valence-corrected chi connectivity index (χ3v) is 6.37. The first kappa shape index (κ1) is 16.4. The number of sulfone groups is 1. The van der Waals surface area contributed by atoms with Crippen LogP contribution < -0.4 is 0 Å². The fraction of sp³-hybridized carbons (Fsp3) is 0.188. The van der Waals surface area contributed by atoms with Crippen molar-refractivity contribution in [1.29, 1.82) is 0 Å². The summed E-state index contributed by atoms with van der Waals surface area (Å²) < 4.78 is 29.5. The molecule has 0 N–H and O–H groups in total. The van der Waals surface area contributed by atoms with E-state index in [0.29, 0.717) is 27.1 Å². The van der Waals surface area contributed by atoms with Gasteiger partial charge >= 0.3 is 0 Å². The minimum atomic E-state index is -3.25. The number of benzene rings is 2. The number of hydrogen-bond donors (Lipinski definition) is 0. The molecule has 1 aromatic heterocycles. The van der Waals surface area contributed by atoms with E-state index in [1.807, 2.05) is 24.3 Å². The van der Waals surface area contributed by atoms with Crippen LogP contribution in [0.25, 0.3) is 11.1 Å². The molecule has 0 spiro atoms. The molecular formula is C16H14ClNO3S2. The zero-order valence-electron chi connectivity index (χ0n) is 12.3. The lowest BCUT2D eigenvalue weighted by atomic mass is 10.2. The van der Waals surface area contributed by atoms with Gasteiger partial charge in [-0.15, -0.1) is 0 Å².